The zero-order chi connectivity index (χ0) is 18.3. The van der Waals surface area contributed by atoms with Gasteiger partial charge < -0.3 is 0 Å². The highest BCUT2D eigenvalue weighted by Crippen LogP contribution is 2.16. The first-order valence-corrected chi connectivity index (χ1v) is 9.52. The summed E-state index contributed by atoms with van der Waals surface area (Å²) < 4.78 is 28.1. The molecule has 2 aromatic carbocycles. The van der Waals surface area contributed by atoms with Gasteiger partial charge in [0.05, 0.1) is 10.9 Å². The van der Waals surface area contributed by atoms with Crippen molar-refractivity contribution < 1.29 is 8.42 Å². The first kappa shape index (κ1) is 18.9. The summed E-state index contributed by atoms with van der Waals surface area (Å²) in [5.74, 6) is -0.222. The fraction of sp³-hybridized carbons (Fsp3) is 0.143. The molecule has 0 fully saturated rings. The van der Waals surface area contributed by atoms with E-state index in [9.17, 15) is 8.42 Å². The van der Waals surface area contributed by atoms with Gasteiger partial charge in [-0.3, -0.25) is 0 Å². The highest BCUT2D eigenvalue weighted by Gasteiger charge is 2.22. The second kappa shape index (κ2) is 8.60. The Labute approximate surface area is 150 Å². The van der Waals surface area contributed by atoms with Crippen molar-refractivity contribution in [1.29, 1.82) is 0 Å². The molecule has 1 N–H and O–H groups in total. The molecular weight excluding hydrogens is 330 g/mol. The second-order valence-electron chi connectivity index (χ2n) is 5.78. The lowest BCUT2D eigenvalue weighted by atomic mass is 10.00. The summed E-state index contributed by atoms with van der Waals surface area (Å²) in [6.45, 7) is 9.48. The molecule has 0 bridgehead atoms. The first-order chi connectivity index (χ1) is 12.0. The molecule has 0 heterocycles. The Morgan fingerprint density at radius 3 is 2.12 bits per heavy atom. The fourth-order valence-corrected chi connectivity index (χ4v) is 3.60. The van der Waals surface area contributed by atoms with Crippen LogP contribution in [0.3, 0.4) is 0 Å². The number of benzene rings is 2. The number of sulfonamides is 1. The summed E-state index contributed by atoms with van der Waals surface area (Å²) in [5.41, 5.74) is 2.00. The van der Waals surface area contributed by atoms with Gasteiger partial charge in [0.25, 0.3) is 0 Å². The molecule has 0 aromatic heterocycles. The van der Waals surface area contributed by atoms with Crippen LogP contribution in [0.1, 0.15) is 11.1 Å². The summed E-state index contributed by atoms with van der Waals surface area (Å²) >= 11 is 0. The van der Waals surface area contributed by atoms with E-state index in [1.54, 1.807) is 36.4 Å². The molecule has 25 heavy (non-hydrogen) atoms. The Hall–Kier alpha value is -2.43. The quantitative estimate of drug-likeness (QED) is 0.718. The third kappa shape index (κ3) is 5.28. The lowest BCUT2D eigenvalue weighted by Crippen LogP contribution is -2.37. The molecule has 0 amide bonds. The molecule has 0 radical (unpaired) electrons. The molecule has 4 heteroatoms. The van der Waals surface area contributed by atoms with Gasteiger partial charge in [-0.1, -0.05) is 72.3 Å². The van der Waals surface area contributed by atoms with Crippen molar-refractivity contribution in [1.82, 2.24) is 4.72 Å². The molecule has 2 aromatic rings. The van der Waals surface area contributed by atoms with Crippen LogP contribution in [-0.2, 0) is 10.0 Å². The van der Waals surface area contributed by atoms with E-state index in [-0.39, 0.29) is 10.8 Å². The predicted octanol–water partition coefficient (Wildman–Crippen LogP) is 4.34. The Bertz CT molecular complexity index is 829. The van der Waals surface area contributed by atoms with Gasteiger partial charge in [-0.15, -0.1) is 13.2 Å². The van der Waals surface area contributed by atoms with Crippen molar-refractivity contribution in [2.24, 2.45) is 5.92 Å². The molecule has 1 unspecified atom stereocenters. The standard InChI is InChI=1S/C21H23NO2S/c1-4-19(5-2)21(16-13-18-9-7-6-8-10-18)22-25(23,24)20-14-11-17(3)12-15-20/h4-16,19,21-22H,1-2H2,3H3/b16-13+. The zero-order valence-corrected chi connectivity index (χ0v) is 15.1. The Balaban J connectivity index is 2.29. The molecule has 0 aliphatic carbocycles. The van der Waals surface area contributed by atoms with E-state index in [0.29, 0.717) is 0 Å². The molecule has 0 aliphatic heterocycles. The van der Waals surface area contributed by atoms with Crippen molar-refractivity contribution in [3.05, 3.63) is 97.1 Å². The minimum atomic E-state index is -3.64. The van der Waals surface area contributed by atoms with Crippen molar-refractivity contribution in [3.8, 4) is 0 Å². The van der Waals surface area contributed by atoms with E-state index in [2.05, 4.69) is 17.9 Å². The van der Waals surface area contributed by atoms with Crippen LogP contribution >= 0.6 is 0 Å². The molecule has 0 saturated carbocycles. The molecular formula is C21H23NO2S. The maximum atomic E-state index is 12.7. The van der Waals surface area contributed by atoms with Crippen molar-refractivity contribution in [2.75, 3.05) is 0 Å². The van der Waals surface area contributed by atoms with Crippen molar-refractivity contribution in [2.45, 2.75) is 17.9 Å². The van der Waals surface area contributed by atoms with Gasteiger partial charge in [0.1, 0.15) is 0 Å². The fourth-order valence-electron chi connectivity index (χ4n) is 2.38. The predicted molar refractivity (Wildman–Crippen MR) is 105 cm³/mol. The third-order valence-corrected chi connectivity index (χ3v) is 5.35. The zero-order valence-electron chi connectivity index (χ0n) is 14.3. The van der Waals surface area contributed by atoms with Crippen LogP contribution in [0.25, 0.3) is 6.08 Å². The Morgan fingerprint density at radius 2 is 1.56 bits per heavy atom. The van der Waals surface area contributed by atoms with Gasteiger partial charge in [0.15, 0.2) is 0 Å². The number of hydrogen-bond donors (Lipinski definition) is 1. The van der Waals surface area contributed by atoms with Gasteiger partial charge in [-0.05, 0) is 24.6 Å². The van der Waals surface area contributed by atoms with Crippen LogP contribution in [0, 0.1) is 12.8 Å². The Morgan fingerprint density at radius 1 is 0.960 bits per heavy atom. The molecule has 0 aliphatic rings. The maximum absolute atomic E-state index is 12.7. The van der Waals surface area contributed by atoms with Gasteiger partial charge in [0.2, 0.25) is 10.0 Å². The normalized spacial score (nSPS) is 13.0. The number of nitrogens with one attached hydrogen (secondary N) is 1. The van der Waals surface area contributed by atoms with Crippen LogP contribution in [0.15, 0.2) is 90.9 Å². The largest absolute Gasteiger partial charge is 0.241 e. The van der Waals surface area contributed by atoms with Gasteiger partial charge >= 0.3 is 0 Å². The smallest absolute Gasteiger partial charge is 0.207 e. The van der Waals surface area contributed by atoms with Gasteiger partial charge in [0, 0.05) is 5.92 Å². The second-order valence-corrected chi connectivity index (χ2v) is 7.49. The summed E-state index contributed by atoms with van der Waals surface area (Å²) in [7, 11) is -3.64. The number of hydrogen-bond acceptors (Lipinski definition) is 2. The minimum Gasteiger partial charge on any atom is -0.207 e. The van der Waals surface area contributed by atoms with E-state index < -0.39 is 16.1 Å². The Kier molecular flexibility index (Phi) is 6.51. The van der Waals surface area contributed by atoms with Crippen LogP contribution in [-0.4, -0.2) is 14.5 Å². The van der Waals surface area contributed by atoms with Crippen LogP contribution in [0.2, 0.25) is 0 Å². The van der Waals surface area contributed by atoms with Crippen LogP contribution in [0.4, 0.5) is 0 Å². The summed E-state index contributed by atoms with van der Waals surface area (Å²) in [6, 6.07) is 16.0. The average Bonchev–Trinajstić information content (AvgIpc) is 2.61. The first-order valence-electron chi connectivity index (χ1n) is 8.03. The molecule has 2 rings (SSSR count). The van der Waals surface area contributed by atoms with Crippen molar-refractivity contribution >= 4 is 16.1 Å². The van der Waals surface area contributed by atoms with Gasteiger partial charge in [-0.25, -0.2) is 13.1 Å². The maximum Gasteiger partial charge on any atom is 0.241 e. The monoisotopic (exact) mass is 353 g/mol. The molecule has 1 atom stereocenters. The third-order valence-electron chi connectivity index (χ3n) is 3.88. The molecule has 0 spiro atoms. The van der Waals surface area contributed by atoms with Gasteiger partial charge in [-0.2, -0.15) is 0 Å². The number of rotatable bonds is 8. The topological polar surface area (TPSA) is 46.2 Å². The average molecular weight is 353 g/mol. The lowest BCUT2D eigenvalue weighted by molar-refractivity contribution is 0.555. The van der Waals surface area contributed by atoms with E-state index >= 15 is 0 Å². The SMILES string of the molecule is C=CC(C=C)C(/C=C/c1ccccc1)NS(=O)(=O)c1ccc(C)cc1. The summed E-state index contributed by atoms with van der Waals surface area (Å²) in [5, 5.41) is 0. The van der Waals surface area contributed by atoms with Crippen LogP contribution in [0.5, 0.6) is 0 Å². The van der Waals surface area contributed by atoms with E-state index in [0.717, 1.165) is 11.1 Å². The minimum absolute atomic E-state index is 0.222. The molecule has 130 valence electrons. The number of aryl methyl sites for hydroxylation is 1. The summed E-state index contributed by atoms with van der Waals surface area (Å²) in [6.07, 6.45) is 7.09. The highest BCUT2D eigenvalue weighted by molar-refractivity contribution is 7.89. The van der Waals surface area contributed by atoms with E-state index in [1.807, 2.05) is 49.4 Å². The van der Waals surface area contributed by atoms with Crippen molar-refractivity contribution in [3.63, 3.8) is 0 Å². The van der Waals surface area contributed by atoms with E-state index in [1.165, 1.54) is 0 Å². The highest BCUT2D eigenvalue weighted by atomic mass is 32.2. The summed E-state index contributed by atoms with van der Waals surface area (Å²) in [4.78, 5) is 0.239. The van der Waals surface area contributed by atoms with E-state index in [4.69, 9.17) is 0 Å². The molecule has 3 nitrogen and oxygen atoms in total. The lowest BCUT2D eigenvalue weighted by Gasteiger charge is -2.20. The van der Waals surface area contributed by atoms with Crippen LogP contribution < -0.4 is 4.72 Å². The molecule has 0 saturated heterocycles.